The topological polar surface area (TPSA) is 70.6 Å². The number of nitrogens with one attached hydrogen (secondary N) is 2. The second-order valence-electron chi connectivity index (χ2n) is 5.29. The molecule has 2 heterocycles. The maximum atomic E-state index is 11.7. The van der Waals surface area contributed by atoms with Crippen LogP contribution in [0.2, 0.25) is 0 Å². The summed E-state index contributed by atoms with van der Waals surface area (Å²) in [6, 6.07) is 0. The minimum Gasteiger partial charge on any atom is -0.391 e. The van der Waals surface area contributed by atoms with Gasteiger partial charge in [0, 0.05) is 37.9 Å². The highest BCUT2D eigenvalue weighted by atomic mass is 35.5. The van der Waals surface area contributed by atoms with Crippen LogP contribution in [-0.2, 0) is 9.53 Å². The fourth-order valence-corrected chi connectivity index (χ4v) is 3.38. The normalized spacial score (nSPS) is 29.8. The predicted octanol–water partition coefficient (Wildman–Crippen LogP) is 0.407. The van der Waals surface area contributed by atoms with Crippen LogP contribution in [0.3, 0.4) is 0 Å². The van der Waals surface area contributed by atoms with E-state index < -0.39 is 0 Å². The van der Waals surface area contributed by atoms with Gasteiger partial charge in [-0.3, -0.25) is 4.79 Å². The number of halogens is 1. The predicted molar refractivity (Wildman–Crippen MR) is 83.5 cm³/mol. The van der Waals surface area contributed by atoms with Gasteiger partial charge in [0.2, 0.25) is 5.91 Å². The van der Waals surface area contributed by atoms with Gasteiger partial charge in [-0.15, -0.1) is 24.2 Å². The molecule has 118 valence electrons. The highest BCUT2D eigenvalue weighted by Crippen LogP contribution is 2.17. The van der Waals surface area contributed by atoms with E-state index in [2.05, 4.69) is 10.6 Å². The van der Waals surface area contributed by atoms with Crippen LogP contribution in [0.1, 0.15) is 19.3 Å². The molecule has 0 aromatic carbocycles. The van der Waals surface area contributed by atoms with Crippen molar-refractivity contribution in [2.75, 3.05) is 37.7 Å². The lowest BCUT2D eigenvalue weighted by atomic mass is 10.1. The molecule has 0 aromatic heterocycles. The van der Waals surface area contributed by atoms with Gasteiger partial charge in [0.25, 0.3) is 0 Å². The number of aliphatic hydroxyl groups excluding tert-OH is 1. The van der Waals surface area contributed by atoms with Crippen molar-refractivity contribution in [3.05, 3.63) is 0 Å². The van der Waals surface area contributed by atoms with E-state index in [0.717, 1.165) is 25.3 Å². The maximum absolute atomic E-state index is 11.7. The van der Waals surface area contributed by atoms with Crippen molar-refractivity contribution >= 4 is 30.1 Å². The Morgan fingerprint density at radius 2 is 2.25 bits per heavy atom. The third-order valence-corrected chi connectivity index (χ3v) is 4.75. The Hall–Kier alpha value is -0.0100. The number of carbonyl (C=O) groups excluding carboxylic acids is 1. The van der Waals surface area contributed by atoms with E-state index in [0.29, 0.717) is 24.9 Å². The standard InChI is InChI=1S/C13H24N2O3S.ClH/c16-12-7-14-5-10(12)6-15-13(17)9-19-8-11-3-1-2-4-18-11;/h10-12,14,16H,1-9H2,(H,15,17);1H. The van der Waals surface area contributed by atoms with Crippen molar-refractivity contribution < 1.29 is 14.6 Å². The van der Waals surface area contributed by atoms with Gasteiger partial charge in [-0.2, -0.15) is 0 Å². The third-order valence-electron chi connectivity index (χ3n) is 3.68. The Balaban J connectivity index is 0.00000200. The summed E-state index contributed by atoms with van der Waals surface area (Å²) in [5.74, 6) is 1.59. The van der Waals surface area contributed by atoms with Crippen molar-refractivity contribution in [3.8, 4) is 0 Å². The largest absolute Gasteiger partial charge is 0.391 e. The first-order chi connectivity index (χ1) is 9.25. The summed E-state index contributed by atoms with van der Waals surface area (Å²) in [5, 5.41) is 15.6. The number of hydrogen-bond acceptors (Lipinski definition) is 5. The van der Waals surface area contributed by atoms with E-state index in [9.17, 15) is 9.90 Å². The summed E-state index contributed by atoms with van der Waals surface area (Å²) in [5.41, 5.74) is 0. The quantitative estimate of drug-likeness (QED) is 0.660. The van der Waals surface area contributed by atoms with Crippen LogP contribution in [0.5, 0.6) is 0 Å². The monoisotopic (exact) mass is 324 g/mol. The molecule has 0 aromatic rings. The molecule has 0 saturated carbocycles. The third kappa shape index (κ3) is 6.18. The van der Waals surface area contributed by atoms with E-state index in [4.69, 9.17) is 4.74 Å². The summed E-state index contributed by atoms with van der Waals surface area (Å²) in [4.78, 5) is 11.7. The first kappa shape index (κ1) is 18.0. The van der Waals surface area contributed by atoms with E-state index in [1.165, 1.54) is 12.8 Å². The average Bonchev–Trinajstić information content (AvgIpc) is 2.83. The Kier molecular flexibility index (Phi) is 8.88. The van der Waals surface area contributed by atoms with Gasteiger partial charge >= 0.3 is 0 Å². The minimum atomic E-state index is -0.330. The van der Waals surface area contributed by atoms with Gasteiger partial charge in [0.1, 0.15) is 0 Å². The van der Waals surface area contributed by atoms with E-state index in [-0.39, 0.29) is 30.3 Å². The van der Waals surface area contributed by atoms with Crippen LogP contribution < -0.4 is 10.6 Å². The number of aliphatic hydroxyl groups is 1. The van der Waals surface area contributed by atoms with Crippen LogP contribution in [0, 0.1) is 5.92 Å². The van der Waals surface area contributed by atoms with E-state index in [1.54, 1.807) is 11.8 Å². The molecular weight excluding hydrogens is 300 g/mol. The van der Waals surface area contributed by atoms with Crippen molar-refractivity contribution in [3.63, 3.8) is 0 Å². The number of amides is 1. The molecule has 7 heteroatoms. The number of hydrogen-bond donors (Lipinski definition) is 3. The number of thioether (sulfide) groups is 1. The summed E-state index contributed by atoms with van der Waals surface area (Å²) < 4.78 is 5.62. The molecule has 0 spiro atoms. The second-order valence-corrected chi connectivity index (χ2v) is 6.32. The molecule has 3 atom stereocenters. The highest BCUT2D eigenvalue weighted by molar-refractivity contribution is 7.99. The van der Waals surface area contributed by atoms with Crippen molar-refractivity contribution in [1.82, 2.24) is 10.6 Å². The van der Waals surface area contributed by atoms with Crippen molar-refractivity contribution in [2.24, 2.45) is 5.92 Å². The van der Waals surface area contributed by atoms with Crippen LogP contribution >= 0.6 is 24.2 Å². The number of rotatable bonds is 6. The Morgan fingerprint density at radius 3 is 2.90 bits per heavy atom. The van der Waals surface area contributed by atoms with E-state index >= 15 is 0 Å². The van der Waals surface area contributed by atoms with Gasteiger partial charge in [-0.25, -0.2) is 0 Å². The molecule has 2 aliphatic heterocycles. The molecule has 2 rings (SSSR count). The maximum Gasteiger partial charge on any atom is 0.230 e. The molecule has 3 N–H and O–H groups in total. The van der Waals surface area contributed by atoms with Crippen molar-refractivity contribution in [1.29, 1.82) is 0 Å². The molecule has 1 amide bonds. The van der Waals surface area contributed by atoms with Gasteiger partial charge in [-0.1, -0.05) is 0 Å². The zero-order valence-electron chi connectivity index (χ0n) is 11.7. The summed E-state index contributed by atoms with van der Waals surface area (Å²) in [6.45, 7) is 2.84. The fourth-order valence-electron chi connectivity index (χ4n) is 2.45. The first-order valence-electron chi connectivity index (χ1n) is 7.10. The number of β-amino-alcohol motifs (C(OH)–C–C–N with tert-alkyl or cyclic N) is 1. The Bertz CT molecular complexity index is 291. The van der Waals surface area contributed by atoms with Gasteiger partial charge in [0.05, 0.1) is 18.0 Å². The van der Waals surface area contributed by atoms with Gasteiger partial charge in [-0.05, 0) is 19.3 Å². The van der Waals surface area contributed by atoms with Crippen molar-refractivity contribution in [2.45, 2.75) is 31.5 Å². The SMILES string of the molecule is Cl.O=C(CSCC1CCCCO1)NCC1CNCC1O. The molecule has 2 saturated heterocycles. The molecule has 3 unspecified atom stereocenters. The lowest BCUT2D eigenvalue weighted by Gasteiger charge is -2.22. The first-order valence-corrected chi connectivity index (χ1v) is 8.26. The molecule has 2 fully saturated rings. The van der Waals surface area contributed by atoms with E-state index in [1.807, 2.05) is 0 Å². The molecule has 0 bridgehead atoms. The molecule has 0 aliphatic carbocycles. The van der Waals surface area contributed by atoms with Gasteiger partial charge < -0.3 is 20.5 Å². The number of ether oxygens (including phenoxy) is 1. The zero-order chi connectivity index (χ0) is 13.5. The lowest BCUT2D eigenvalue weighted by molar-refractivity contribution is -0.118. The van der Waals surface area contributed by atoms with Crippen LogP contribution in [0.25, 0.3) is 0 Å². The molecule has 2 aliphatic rings. The molecular formula is C13H25ClN2O3S. The molecule has 20 heavy (non-hydrogen) atoms. The van der Waals surface area contributed by atoms with Crippen LogP contribution in [0.15, 0.2) is 0 Å². The Morgan fingerprint density at radius 1 is 1.40 bits per heavy atom. The van der Waals surface area contributed by atoms with Crippen LogP contribution in [0.4, 0.5) is 0 Å². The van der Waals surface area contributed by atoms with Gasteiger partial charge in [0.15, 0.2) is 0 Å². The molecule has 0 radical (unpaired) electrons. The smallest absolute Gasteiger partial charge is 0.230 e. The summed E-state index contributed by atoms with van der Waals surface area (Å²) in [7, 11) is 0. The van der Waals surface area contributed by atoms with Crippen LogP contribution in [-0.4, -0.2) is 61.0 Å². The average molecular weight is 325 g/mol. The highest BCUT2D eigenvalue weighted by Gasteiger charge is 2.25. The second kappa shape index (κ2) is 9.84. The fraction of sp³-hybridized carbons (Fsp3) is 0.923. The minimum absolute atomic E-state index is 0. The lowest BCUT2D eigenvalue weighted by Crippen LogP contribution is -2.35. The summed E-state index contributed by atoms with van der Waals surface area (Å²) in [6.07, 6.45) is 3.52. The zero-order valence-corrected chi connectivity index (χ0v) is 13.3. The summed E-state index contributed by atoms with van der Waals surface area (Å²) >= 11 is 1.64. The number of carbonyl (C=O) groups is 1. The Labute approximate surface area is 131 Å². The molecule has 5 nitrogen and oxygen atoms in total.